The van der Waals surface area contributed by atoms with Crippen LogP contribution >= 0.6 is 0 Å². The summed E-state index contributed by atoms with van der Waals surface area (Å²) in [6.07, 6.45) is 3.48. The van der Waals surface area contributed by atoms with E-state index in [1.165, 1.54) is 6.07 Å². The number of hydrogen-bond acceptors (Lipinski definition) is 1. The van der Waals surface area contributed by atoms with Crippen LogP contribution in [0.5, 0.6) is 0 Å². The fourth-order valence-electron chi connectivity index (χ4n) is 1.97. The van der Waals surface area contributed by atoms with Gasteiger partial charge in [-0.3, -0.25) is 0 Å². The molecule has 0 radical (unpaired) electrons. The molecule has 0 amide bonds. The van der Waals surface area contributed by atoms with Gasteiger partial charge in [0.1, 0.15) is 0 Å². The van der Waals surface area contributed by atoms with E-state index in [-0.39, 0.29) is 0 Å². The zero-order valence-corrected chi connectivity index (χ0v) is 10.6. The number of nitrogens with zero attached hydrogens (tertiary/aromatic N) is 1. The number of hydrogen-bond donors (Lipinski definition) is 0. The molecule has 2 aromatic carbocycles. The average Bonchev–Trinajstić information content (AvgIpc) is 2.48. The lowest BCUT2D eigenvalue weighted by Gasteiger charge is -1.99. The minimum Gasteiger partial charge on any atom is -0.248 e. The second-order valence-electron chi connectivity index (χ2n) is 4.44. The summed E-state index contributed by atoms with van der Waals surface area (Å²) >= 11 is 0. The van der Waals surface area contributed by atoms with Gasteiger partial charge in [-0.05, 0) is 35.9 Å². The van der Waals surface area contributed by atoms with E-state index < -0.39 is 11.6 Å². The molecule has 0 aliphatic rings. The summed E-state index contributed by atoms with van der Waals surface area (Å²) in [6, 6.07) is 15.5. The smallest absolute Gasteiger partial charge is 0.159 e. The Morgan fingerprint density at radius 2 is 1.65 bits per heavy atom. The minimum absolute atomic E-state index is 0.596. The van der Waals surface area contributed by atoms with Crippen molar-refractivity contribution in [2.24, 2.45) is 0 Å². The Bertz CT molecular complexity index is 794. The fourth-order valence-corrected chi connectivity index (χ4v) is 1.97. The van der Waals surface area contributed by atoms with E-state index >= 15 is 0 Å². The second-order valence-corrected chi connectivity index (χ2v) is 4.44. The van der Waals surface area contributed by atoms with Gasteiger partial charge in [0.05, 0.1) is 11.2 Å². The lowest BCUT2D eigenvalue weighted by atomic mass is 10.1. The molecule has 0 unspecified atom stereocenters. The first-order valence-corrected chi connectivity index (χ1v) is 6.21. The quantitative estimate of drug-likeness (QED) is 0.656. The monoisotopic (exact) mass is 267 g/mol. The van der Waals surface area contributed by atoms with E-state index in [0.29, 0.717) is 5.56 Å². The number of para-hydroxylation sites is 1. The van der Waals surface area contributed by atoms with Crippen molar-refractivity contribution in [2.45, 2.75) is 0 Å². The van der Waals surface area contributed by atoms with Crippen LogP contribution in [0.2, 0.25) is 0 Å². The van der Waals surface area contributed by atoms with Gasteiger partial charge in [0.15, 0.2) is 11.6 Å². The van der Waals surface area contributed by atoms with Crippen LogP contribution in [0.3, 0.4) is 0 Å². The van der Waals surface area contributed by atoms with Gasteiger partial charge in [-0.1, -0.05) is 36.4 Å². The lowest BCUT2D eigenvalue weighted by molar-refractivity contribution is 0.508. The summed E-state index contributed by atoms with van der Waals surface area (Å²) in [5.74, 6) is -1.69. The van der Waals surface area contributed by atoms with Gasteiger partial charge >= 0.3 is 0 Å². The van der Waals surface area contributed by atoms with Gasteiger partial charge < -0.3 is 0 Å². The fraction of sp³-hybridized carbons (Fsp3) is 0. The molecule has 0 aliphatic heterocycles. The topological polar surface area (TPSA) is 12.9 Å². The number of halogens is 2. The zero-order valence-electron chi connectivity index (χ0n) is 10.6. The molecule has 0 bridgehead atoms. The van der Waals surface area contributed by atoms with Crippen molar-refractivity contribution in [3.8, 4) is 0 Å². The van der Waals surface area contributed by atoms with E-state index in [9.17, 15) is 8.78 Å². The summed E-state index contributed by atoms with van der Waals surface area (Å²) in [6.45, 7) is 0. The van der Waals surface area contributed by atoms with Crippen molar-refractivity contribution in [2.75, 3.05) is 0 Å². The van der Waals surface area contributed by atoms with Crippen LogP contribution in [-0.4, -0.2) is 4.98 Å². The van der Waals surface area contributed by atoms with Crippen LogP contribution < -0.4 is 0 Å². The molecular weight excluding hydrogens is 256 g/mol. The van der Waals surface area contributed by atoms with Crippen molar-refractivity contribution in [1.29, 1.82) is 0 Å². The molecule has 0 aliphatic carbocycles. The molecule has 20 heavy (non-hydrogen) atoms. The maximum absolute atomic E-state index is 13.1. The molecule has 0 spiro atoms. The lowest BCUT2D eigenvalue weighted by Crippen LogP contribution is -1.85. The molecule has 98 valence electrons. The van der Waals surface area contributed by atoms with E-state index in [2.05, 4.69) is 4.98 Å². The van der Waals surface area contributed by atoms with E-state index in [1.807, 2.05) is 36.4 Å². The minimum atomic E-state index is -0.848. The summed E-state index contributed by atoms with van der Waals surface area (Å²) in [4.78, 5) is 4.48. The molecule has 3 heteroatoms. The van der Waals surface area contributed by atoms with Gasteiger partial charge in [-0.2, -0.15) is 0 Å². The normalized spacial score (nSPS) is 11.3. The van der Waals surface area contributed by atoms with Gasteiger partial charge in [0.25, 0.3) is 0 Å². The summed E-state index contributed by atoms with van der Waals surface area (Å²) in [5, 5.41) is 1.07. The first-order valence-electron chi connectivity index (χ1n) is 6.21. The van der Waals surface area contributed by atoms with Crippen molar-refractivity contribution in [3.63, 3.8) is 0 Å². The number of benzene rings is 2. The SMILES string of the molecule is Fc1ccc(/C=C/c2ccc3ccccc3n2)cc1F. The highest BCUT2D eigenvalue weighted by molar-refractivity contribution is 5.80. The molecule has 3 aromatic rings. The third-order valence-corrected chi connectivity index (χ3v) is 3.01. The Labute approximate surface area is 115 Å². The Kier molecular flexibility index (Phi) is 3.25. The van der Waals surface area contributed by atoms with Crippen LogP contribution in [0.1, 0.15) is 11.3 Å². The Morgan fingerprint density at radius 1 is 0.800 bits per heavy atom. The molecule has 0 N–H and O–H groups in total. The molecule has 3 rings (SSSR count). The van der Waals surface area contributed by atoms with Crippen molar-refractivity contribution in [1.82, 2.24) is 4.98 Å². The molecule has 0 fully saturated rings. The van der Waals surface area contributed by atoms with Crippen molar-refractivity contribution < 1.29 is 8.78 Å². The van der Waals surface area contributed by atoms with Crippen LogP contribution in [0.15, 0.2) is 54.6 Å². The van der Waals surface area contributed by atoms with E-state index in [0.717, 1.165) is 28.7 Å². The van der Waals surface area contributed by atoms with Gasteiger partial charge in [0, 0.05) is 5.39 Å². The molecule has 0 saturated carbocycles. The van der Waals surface area contributed by atoms with Crippen molar-refractivity contribution in [3.05, 3.63) is 77.5 Å². The second kappa shape index (κ2) is 5.21. The summed E-state index contributed by atoms with van der Waals surface area (Å²) < 4.78 is 25.9. The van der Waals surface area contributed by atoms with Gasteiger partial charge in [-0.25, -0.2) is 13.8 Å². The first-order chi connectivity index (χ1) is 9.72. The summed E-state index contributed by atoms with van der Waals surface area (Å²) in [5.41, 5.74) is 2.27. The molecular formula is C17H11F2N. The molecule has 1 aromatic heterocycles. The van der Waals surface area contributed by atoms with Crippen LogP contribution in [-0.2, 0) is 0 Å². The maximum atomic E-state index is 13.1. The summed E-state index contributed by atoms with van der Waals surface area (Å²) in [7, 11) is 0. The van der Waals surface area contributed by atoms with Crippen LogP contribution in [0.4, 0.5) is 8.78 Å². The van der Waals surface area contributed by atoms with Gasteiger partial charge in [-0.15, -0.1) is 0 Å². The first kappa shape index (κ1) is 12.5. The maximum Gasteiger partial charge on any atom is 0.159 e. The Balaban J connectivity index is 1.91. The Hall–Kier alpha value is -2.55. The Morgan fingerprint density at radius 3 is 2.50 bits per heavy atom. The van der Waals surface area contributed by atoms with E-state index in [1.54, 1.807) is 12.2 Å². The van der Waals surface area contributed by atoms with Crippen LogP contribution in [0, 0.1) is 11.6 Å². The number of rotatable bonds is 2. The predicted octanol–water partition coefficient (Wildman–Crippen LogP) is 4.68. The molecule has 1 nitrogen and oxygen atoms in total. The third kappa shape index (κ3) is 2.57. The number of fused-ring (bicyclic) bond motifs is 1. The standard InChI is InChI=1S/C17H11F2N/c18-15-10-6-12(11-16(15)19)5-8-14-9-7-13-3-1-2-4-17(13)20-14/h1-11H/b8-5+. The van der Waals surface area contributed by atoms with Gasteiger partial charge in [0.2, 0.25) is 0 Å². The van der Waals surface area contributed by atoms with Crippen LogP contribution in [0.25, 0.3) is 23.1 Å². The predicted molar refractivity (Wildman–Crippen MR) is 77.0 cm³/mol. The number of aromatic nitrogens is 1. The highest BCUT2D eigenvalue weighted by atomic mass is 19.2. The zero-order chi connectivity index (χ0) is 13.9. The molecule has 0 saturated heterocycles. The van der Waals surface area contributed by atoms with Crippen molar-refractivity contribution >= 4 is 23.1 Å². The largest absolute Gasteiger partial charge is 0.248 e. The van der Waals surface area contributed by atoms with E-state index in [4.69, 9.17) is 0 Å². The highest BCUT2D eigenvalue weighted by Gasteiger charge is 2.00. The third-order valence-electron chi connectivity index (χ3n) is 3.01. The average molecular weight is 267 g/mol. The molecule has 0 atom stereocenters. The highest BCUT2D eigenvalue weighted by Crippen LogP contribution is 2.15. The molecule has 1 heterocycles. The number of pyridine rings is 1.